The fourth-order valence-corrected chi connectivity index (χ4v) is 4.07. The minimum Gasteiger partial charge on any atom is -0.356 e. The molecule has 2 aliphatic rings. The number of guanidine groups is 1. The molecule has 5 nitrogen and oxygen atoms in total. The first-order valence-corrected chi connectivity index (χ1v) is 9.96. The van der Waals surface area contributed by atoms with E-state index in [0.29, 0.717) is 11.1 Å². The second-order valence-corrected chi connectivity index (χ2v) is 7.86. The average Bonchev–Trinajstić information content (AvgIpc) is 3.37. The van der Waals surface area contributed by atoms with Crippen LogP contribution in [0.3, 0.4) is 0 Å². The van der Waals surface area contributed by atoms with Crippen LogP contribution in [0.2, 0.25) is 5.02 Å². The molecule has 1 aliphatic heterocycles. The fourth-order valence-electron chi connectivity index (χ4n) is 3.83. The van der Waals surface area contributed by atoms with E-state index in [2.05, 4.69) is 55.8 Å². The van der Waals surface area contributed by atoms with Crippen molar-refractivity contribution in [3.05, 3.63) is 59.2 Å². The number of rotatable bonds is 5. The summed E-state index contributed by atoms with van der Waals surface area (Å²) in [5.74, 6) is 1.74. The van der Waals surface area contributed by atoms with Gasteiger partial charge in [-0.25, -0.2) is 4.98 Å². The van der Waals surface area contributed by atoms with Crippen molar-refractivity contribution < 1.29 is 0 Å². The largest absolute Gasteiger partial charge is 0.356 e. The second-order valence-electron chi connectivity index (χ2n) is 7.46. The third-order valence-electron chi connectivity index (χ3n) is 5.63. The van der Waals surface area contributed by atoms with E-state index in [0.717, 1.165) is 37.8 Å². The van der Waals surface area contributed by atoms with Gasteiger partial charge in [0, 0.05) is 44.3 Å². The molecule has 2 heterocycles. The van der Waals surface area contributed by atoms with Crippen LogP contribution in [0.1, 0.15) is 24.8 Å². The minimum absolute atomic E-state index is 0. The Kier molecular flexibility index (Phi) is 7.04. The Morgan fingerprint density at radius 2 is 2.04 bits per heavy atom. The summed E-state index contributed by atoms with van der Waals surface area (Å²) in [5, 5.41) is 7.81. The number of pyridine rings is 1. The number of benzene rings is 1. The van der Waals surface area contributed by atoms with E-state index < -0.39 is 0 Å². The molecule has 0 radical (unpaired) electrons. The molecule has 150 valence electrons. The number of anilines is 1. The molecule has 1 saturated heterocycles. The van der Waals surface area contributed by atoms with Gasteiger partial charge < -0.3 is 15.5 Å². The number of aliphatic imine (C=N–C) groups is 1. The van der Waals surface area contributed by atoms with Crippen LogP contribution in [-0.2, 0) is 5.41 Å². The van der Waals surface area contributed by atoms with Gasteiger partial charge in [0.2, 0.25) is 0 Å². The van der Waals surface area contributed by atoms with Crippen molar-refractivity contribution in [2.24, 2.45) is 4.99 Å². The smallest absolute Gasteiger partial charge is 0.191 e. The van der Waals surface area contributed by atoms with Gasteiger partial charge in [-0.05, 0) is 37.0 Å². The maximum absolute atomic E-state index is 6.29. The lowest BCUT2D eigenvalue weighted by Crippen LogP contribution is -2.46. The Hall–Kier alpha value is -1.54. The van der Waals surface area contributed by atoms with E-state index in [-0.39, 0.29) is 29.4 Å². The van der Waals surface area contributed by atoms with Gasteiger partial charge in [0.25, 0.3) is 0 Å². The lowest BCUT2D eigenvalue weighted by Gasteiger charge is -2.22. The van der Waals surface area contributed by atoms with Crippen LogP contribution in [-0.4, -0.2) is 43.7 Å². The maximum atomic E-state index is 6.29. The van der Waals surface area contributed by atoms with Crippen molar-refractivity contribution >= 4 is 47.4 Å². The third-order valence-corrected chi connectivity index (χ3v) is 5.92. The number of nitrogens with one attached hydrogen (secondary N) is 2. The monoisotopic (exact) mass is 511 g/mol. The molecule has 1 unspecified atom stereocenters. The Labute approximate surface area is 189 Å². The molecule has 2 aromatic rings. The van der Waals surface area contributed by atoms with E-state index in [1.54, 1.807) is 6.20 Å². The van der Waals surface area contributed by atoms with Gasteiger partial charge >= 0.3 is 0 Å². The molecule has 1 aromatic carbocycles. The van der Waals surface area contributed by atoms with Gasteiger partial charge in [0.1, 0.15) is 5.82 Å². The van der Waals surface area contributed by atoms with Gasteiger partial charge in [0.15, 0.2) is 5.96 Å². The predicted molar refractivity (Wildman–Crippen MR) is 127 cm³/mol. The highest BCUT2D eigenvalue weighted by molar-refractivity contribution is 14.0. The zero-order valence-corrected chi connectivity index (χ0v) is 19.2. The molecule has 0 amide bonds. The zero-order chi connectivity index (χ0) is 18.7. The molecule has 1 aromatic heterocycles. The predicted octanol–water partition coefficient (Wildman–Crippen LogP) is 3.83. The number of nitrogens with zero attached hydrogens (tertiary/aromatic N) is 3. The second kappa shape index (κ2) is 9.31. The number of hydrogen-bond acceptors (Lipinski definition) is 3. The van der Waals surface area contributed by atoms with Crippen molar-refractivity contribution in [2.45, 2.75) is 30.7 Å². The van der Waals surface area contributed by atoms with Gasteiger partial charge in [-0.2, -0.15) is 0 Å². The molecular formula is C21H27ClIN5. The van der Waals surface area contributed by atoms with Crippen molar-refractivity contribution in [1.82, 2.24) is 15.6 Å². The molecule has 4 rings (SSSR count). The van der Waals surface area contributed by atoms with Crippen LogP contribution >= 0.6 is 35.6 Å². The summed E-state index contributed by atoms with van der Waals surface area (Å²) >= 11 is 6.29. The van der Waals surface area contributed by atoms with E-state index >= 15 is 0 Å². The first-order valence-electron chi connectivity index (χ1n) is 9.58. The molecular weight excluding hydrogens is 485 g/mol. The van der Waals surface area contributed by atoms with Crippen molar-refractivity contribution in [1.29, 1.82) is 0 Å². The van der Waals surface area contributed by atoms with Crippen molar-refractivity contribution in [3.8, 4) is 0 Å². The molecule has 1 saturated carbocycles. The third kappa shape index (κ3) is 4.71. The standard InChI is InChI=1S/C21H26ClN5.HI/c1-23-20(25-15-21(10-11-21)16-6-3-2-4-7-16)26-17-9-13-27(14-17)19-18(22)8-5-12-24-19;/h2-8,12,17H,9-11,13-15H2,1H3,(H2,23,25,26);1H. The van der Waals surface area contributed by atoms with Crippen LogP contribution < -0.4 is 15.5 Å². The molecule has 2 fully saturated rings. The molecule has 1 aliphatic carbocycles. The molecule has 2 N–H and O–H groups in total. The first kappa shape index (κ1) is 21.2. The highest BCUT2D eigenvalue weighted by Gasteiger charge is 2.44. The summed E-state index contributed by atoms with van der Waals surface area (Å²) in [6.07, 6.45) is 5.30. The molecule has 0 spiro atoms. The Morgan fingerprint density at radius 3 is 2.71 bits per heavy atom. The van der Waals surface area contributed by atoms with Crippen LogP contribution in [0.4, 0.5) is 5.82 Å². The van der Waals surface area contributed by atoms with Crippen LogP contribution in [0, 0.1) is 0 Å². The lowest BCUT2D eigenvalue weighted by atomic mass is 9.96. The molecule has 1 atom stereocenters. The quantitative estimate of drug-likeness (QED) is 0.364. The average molecular weight is 512 g/mol. The normalized spacial score (nSPS) is 20.4. The molecule has 7 heteroatoms. The first-order chi connectivity index (χ1) is 13.2. The molecule has 0 bridgehead atoms. The summed E-state index contributed by atoms with van der Waals surface area (Å²) in [6, 6.07) is 14.9. The minimum atomic E-state index is 0. The fraction of sp³-hybridized carbons (Fsp3) is 0.429. The topological polar surface area (TPSA) is 52.6 Å². The van der Waals surface area contributed by atoms with Crippen LogP contribution in [0.5, 0.6) is 0 Å². The summed E-state index contributed by atoms with van der Waals surface area (Å²) in [6.45, 7) is 2.74. The van der Waals surface area contributed by atoms with Gasteiger partial charge in [-0.1, -0.05) is 41.9 Å². The maximum Gasteiger partial charge on any atom is 0.191 e. The summed E-state index contributed by atoms with van der Waals surface area (Å²) in [5.41, 5.74) is 1.69. The van der Waals surface area contributed by atoms with Gasteiger partial charge in [-0.15, -0.1) is 24.0 Å². The highest BCUT2D eigenvalue weighted by Crippen LogP contribution is 2.47. The highest BCUT2D eigenvalue weighted by atomic mass is 127. The lowest BCUT2D eigenvalue weighted by molar-refractivity contribution is 0.613. The van der Waals surface area contributed by atoms with E-state index in [1.165, 1.54) is 18.4 Å². The van der Waals surface area contributed by atoms with Crippen LogP contribution in [0.15, 0.2) is 53.7 Å². The number of hydrogen-bond donors (Lipinski definition) is 2. The van der Waals surface area contributed by atoms with Crippen molar-refractivity contribution in [2.75, 3.05) is 31.6 Å². The summed E-state index contributed by atoms with van der Waals surface area (Å²) < 4.78 is 0. The van der Waals surface area contributed by atoms with Crippen LogP contribution in [0.25, 0.3) is 0 Å². The zero-order valence-electron chi connectivity index (χ0n) is 16.1. The van der Waals surface area contributed by atoms with Crippen molar-refractivity contribution in [3.63, 3.8) is 0 Å². The Bertz CT molecular complexity index is 809. The van der Waals surface area contributed by atoms with Gasteiger partial charge in [0.05, 0.1) is 5.02 Å². The number of halogens is 2. The van der Waals surface area contributed by atoms with E-state index in [9.17, 15) is 0 Å². The van der Waals surface area contributed by atoms with E-state index in [4.69, 9.17) is 11.6 Å². The summed E-state index contributed by atoms with van der Waals surface area (Å²) in [4.78, 5) is 11.1. The molecule has 28 heavy (non-hydrogen) atoms. The Morgan fingerprint density at radius 1 is 1.25 bits per heavy atom. The Balaban J connectivity index is 0.00000225. The van der Waals surface area contributed by atoms with E-state index in [1.807, 2.05) is 19.2 Å². The number of aromatic nitrogens is 1. The summed E-state index contributed by atoms with van der Waals surface area (Å²) in [7, 11) is 1.83. The van der Waals surface area contributed by atoms with Gasteiger partial charge in [-0.3, -0.25) is 4.99 Å². The SMILES string of the molecule is CN=C(NCC1(c2ccccc2)CC1)NC1CCN(c2ncccc2Cl)C1.I.